The lowest BCUT2D eigenvalue weighted by atomic mass is 10.2. The molecule has 0 bridgehead atoms. The van der Waals surface area contributed by atoms with Gasteiger partial charge in [0, 0.05) is 28.3 Å². The SMILES string of the molecule is CCn1nc(CSc2ccc(N)cc2C)c2ccccc21. The van der Waals surface area contributed by atoms with E-state index in [9.17, 15) is 0 Å². The highest BCUT2D eigenvalue weighted by molar-refractivity contribution is 7.98. The highest BCUT2D eigenvalue weighted by atomic mass is 32.2. The number of nitrogen functional groups attached to an aromatic ring is 1. The van der Waals surface area contributed by atoms with Gasteiger partial charge in [0.1, 0.15) is 0 Å². The molecular weight excluding hydrogens is 278 g/mol. The van der Waals surface area contributed by atoms with E-state index in [1.54, 1.807) is 0 Å². The van der Waals surface area contributed by atoms with Gasteiger partial charge in [-0.05, 0) is 43.7 Å². The molecule has 3 aromatic rings. The Morgan fingerprint density at radius 2 is 2.00 bits per heavy atom. The van der Waals surface area contributed by atoms with Crippen molar-refractivity contribution in [1.82, 2.24) is 9.78 Å². The molecule has 1 aromatic heterocycles. The summed E-state index contributed by atoms with van der Waals surface area (Å²) < 4.78 is 2.07. The summed E-state index contributed by atoms with van der Waals surface area (Å²) >= 11 is 1.82. The molecule has 0 unspecified atom stereocenters. The Morgan fingerprint density at radius 1 is 1.19 bits per heavy atom. The molecule has 0 aliphatic rings. The van der Waals surface area contributed by atoms with E-state index >= 15 is 0 Å². The monoisotopic (exact) mass is 297 g/mol. The van der Waals surface area contributed by atoms with Gasteiger partial charge in [0.2, 0.25) is 0 Å². The van der Waals surface area contributed by atoms with Crippen LogP contribution in [0.15, 0.2) is 47.4 Å². The number of benzene rings is 2. The van der Waals surface area contributed by atoms with Gasteiger partial charge >= 0.3 is 0 Å². The van der Waals surface area contributed by atoms with Crippen LogP contribution in [0.5, 0.6) is 0 Å². The van der Waals surface area contributed by atoms with E-state index in [4.69, 9.17) is 10.8 Å². The van der Waals surface area contributed by atoms with Crippen LogP contribution in [-0.2, 0) is 12.3 Å². The summed E-state index contributed by atoms with van der Waals surface area (Å²) in [6, 6.07) is 14.5. The van der Waals surface area contributed by atoms with E-state index in [-0.39, 0.29) is 0 Å². The summed E-state index contributed by atoms with van der Waals surface area (Å²) in [6.45, 7) is 5.12. The number of nitrogens with two attached hydrogens (primary N) is 1. The van der Waals surface area contributed by atoms with Crippen molar-refractivity contribution in [2.24, 2.45) is 0 Å². The molecule has 0 aliphatic carbocycles. The van der Waals surface area contributed by atoms with Gasteiger partial charge in [-0.1, -0.05) is 18.2 Å². The van der Waals surface area contributed by atoms with Crippen molar-refractivity contribution in [3.05, 3.63) is 53.7 Å². The molecule has 21 heavy (non-hydrogen) atoms. The highest BCUT2D eigenvalue weighted by Crippen LogP contribution is 2.29. The molecule has 3 rings (SSSR count). The Kier molecular flexibility index (Phi) is 3.88. The molecule has 2 aromatic carbocycles. The first kappa shape index (κ1) is 14.0. The third-order valence-electron chi connectivity index (χ3n) is 3.60. The standard InChI is InChI=1S/C17H19N3S/c1-3-20-16-7-5-4-6-14(16)15(19-20)11-21-17-9-8-13(18)10-12(17)2/h4-10H,3,11,18H2,1-2H3. The zero-order valence-electron chi connectivity index (χ0n) is 12.3. The van der Waals surface area contributed by atoms with Crippen LogP contribution in [0.3, 0.4) is 0 Å². The van der Waals surface area contributed by atoms with E-state index in [0.717, 1.165) is 23.7 Å². The van der Waals surface area contributed by atoms with Crippen LogP contribution in [0.1, 0.15) is 18.2 Å². The first-order chi connectivity index (χ1) is 10.2. The van der Waals surface area contributed by atoms with Gasteiger partial charge in [-0.2, -0.15) is 5.10 Å². The number of thioether (sulfide) groups is 1. The van der Waals surface area contributed by atoms with Crippen molar-refractivity contribution >= 4 is 28.4 Å². The number of rotatable bonds is 4. The normalized spacial score (nSPS) is 11.1. The smallest absolute Gasteiger partial charge is 0.0805 e. The number of hydrogen-bond acceptors (Lipinski definition) is 3. The van der Waals surface area contributed by atoms with Crippen molar-refractivity contribution in [2.75, 3.05) is 5.73 Å². The Morgan fingerprint density at radius 3 is 2.76 bits per heavy atom. The Bertz CT molecular complexity index is 777. The van der Waals surface area contributed by atoms with Crippen molar-refractivity contribution in [1.29, 1.82) is 0 Å². The van der Waals surface area contributed by atoms with E-state index in [0.29, 0.717) is 0 Å². The summed E-state index contributed by atoms with van der Waals surface area (Å²) in [7, 11) is 0. The molecule has 0 spiro atoms. The van der Waals surface area contributed by atoms with Crippen molar-refractivity contribution in [3.63, 3.8) is 0 Å². The van der Waals surface area contributed by atoms with Crippen molar-refractivity contribution < 1.29 is 0 Å². The van der Waals surface area contributed by atoms with Crippen LogP contribution < -0.4 is 5.73 Å². The molecule has 0 amide bonds. The van der Waals surface area contributed by atoms with Crippen LogP contribution in [0, 0.1) is 6.92 Å². The molecule has 3 nitrogen and oxygen atoms in total. The van der Waals surface area contributed by atoms with Gasteiger partial charge in [0.25, 0.3) is 0 Å². The third-order valence-corrected chi connectivity index (χ3v) is 4.78. The fourth-order valence-corrected chi connectivity index (χ4v) is 3.48. The maximum Gasteiger partial charge on any atom is 0.0805 e. The predicted molar refractivity (Wildman–Crippen MR) is 90.6 cm³/mol. The van der Waals surface area contributed by atoms with E-state index in [2.05, 4.69) is 48.9 Å². The maximum absolute atomic E-state index is 5.81. The minimum Gasteiger partial charge on any atom is -0.399 e. The number of fused-ring (bicyclic) bond motifs is 1. The fourth-order valence-electron chi connectivity index (χ4n) is 2.52. The van der Waals surface area contributed by atoms with Crippen LogP contribution in [0.2, 0.25) is 0 Å². The van der Waals surface area contributed by atoms with Crippen LogP contribution in [-0.4, -0.2) is 9.78 Å². The molecule has 0 fully saturated rings. The lowest BCUT2D eigenvalue weighted by molar-refractivity contribution is 0.675. The molecule has 0 saturated carbocycles. The van der Waals surface area contributed by atoms with Gasteiger partial charge in [-0.3, -0.25) is 4.68 Å². The number of nitrogens with zero attached hydrogens (tertiary/aromatic N) is 2. The second kappa shape index (κ2) is 5.82. The second-order valence-corrected chi connectivity index (χ2v) is 6.11. The molecule has 0 radical (unpaired) electrons. The topological polar surface area (TPSA) is 43.8 Å². The first-order valence-electron chi connectivity index (χ1n) is 7.12. The summed E-state index contributed by atoms with van der Waals surface area (Å²) in [5.41, 5.74) is 10.2. The minimum absolute atomic E-state index is 0.817. The number of aromatic nitrogens is 2. The zero-order valence-corrected chi connectivity index (χ0v) is 13.2. The van der Waals surface area contributed by atoms with Gasteiger partial charge in [0.05, 0.1) is 11.2 Å². The number of para-hydroxylation sites is 1. The number of hydrogen-bond donors (Lipinski definition) is 1. The fraction of sp³-hybridized carbons (Fsp3) is 0.235. The van der Waals surface area contributed by atoms with Gasteiger partial charge < -0.3 is 5.73 Å². The third kappa shape index (κ3) is 2.76. The van der Waals surface area contributed by atoms with Crippen LogP contribution >= 0.6 is 11.8 Å². The molecule has 4 heteroatoms. The Labute approximate surface area is 129 Å². The summed E-state index contributed by atoms with van der Waals surface area (Å²) in [4.78, 5) is 1.26. The summed E-state index contributed by atoms with van der Waals surface area (Å²) in [6.07, 6.45) is 0. The molecule has 0 atom stereocenters. The summed E-state index contributed by atoms with van der Waals surface area (Å²) in [5.74, 6) is 0.873. The second-order valence-electron chi connectivity index (χ2n) is 5.09. The van der Waals surface area contributed by atoms with E-state index in [1.807, 2.05) is 23.9 Å². The molecule has 0 aliphatic heterocycles. The van der Waals surface area contributed by atoms with Crippen molar-refractivity contribution in [2.45, 2.75) is 31.0 Å². The molecule has 0 saturated heterocycles. The minimum atomic E-state index is 0.817. The summed E-state index contributed by atoms with van der Waals surface area (Å²) in [5, 5.41) is 5.99. The lowest BCUT2D eigenvalue weighted by Gasteiger charge is -2.05. The lowest BCUT2D eigenvalue weighted by Crippen LogP contribution is -1.96. The quantitative estimate of drug-likeness (QED) is 0.578. The predicted octanol–water partition coefficient (Wildman–Crippen LogP) is 4.24. The van der Waals surface area contributed by atoms with E-state index < -0.39 is 0 Å². The average molecular weight is 297 g/mol. The van der Waals surface area contributed by atoms with Crippen LogP contribution in [0.4, 0.5) is 5.69 Å². The van der Waals surface area contributed by atoms with E-state index in [1.165, 1.54) is 21.4 Å². The van der Waals surface area contributed by atoms with Gasteiger partial charge in [0.15, 0.2) is 0 Å². The van der Waals surface area contributed by atoms with Gasteiger partial charge in [-0.15, -0.1) is 11.8 Å². The van der Waals surface area contributed by atoms with Crippen LogP contribution in [0.25, 0.3) is 10.9 Å². The molecular formula is C17H19N3S. The number of aryl methyl sites for hydroxylation is 2. The molecule has 2 N–H and O–H groups in total. The Balaban J connectivity index is 1.88. The first-order valence-corrected chi connectivity index (χ1v) is 8.11. The zero-order chi connectivity index (χ0) is 14.8. The number of anilines is 1. The van der Waals surface area contributed by atoms with Crippen molar-refractivity contribution in [3.8, 4) is 0 Å². The highest BCUT2D eigenvalue weighted by Gasteiger charge is 2.10. The van der Waals surface area contributed by atoms with Gasteiger partial charge in [-0.25, -0.2) is 0 Å². The Hall–Kier alpha value is -1.94. The molecule has 108 valence electrons. The largest absolute Gasteiger partial charge is 0.399 e. The maximum atomic E-state index is 5.81. The molecule has 1 heterocycles. The average Bonchev–Trinajstić information content (AvgIpc) is 2.85.